The molecular formula is C22H26N4O3S. The normalized spacial score (nSPS) is 23.6. The zero-order chi connectivity index (χ0) is 21.0. The van der Waals surface area contributed by atoms with Crippen molar-refractivity contribution in [3.05, 3.63) is 46.4 Å². The van der Waals surface area contributed by atoms with Gasteiger partial charge in [0.1, 0.15) is 5.39 Å². The summed E-state index contributed by atoms with van der Waals surface area (Å²) in [5, 5.41) is 19.3. The van der Waals surface area contributed by atoms with Crippen LogP contribution in [-0.4, -0.2) is 28.8 Å². The number of fused-ring (bicyclic) bond motifs is 2. The lowest BCUT2D eigenvalue weighted by molar-refractivity contribution is 0.146. The summed E-state index contributed by atoms with van der Waals surface area (Å²) in [6.07, 6.45) is 6.58. The number of H-pyrrole nitrogens is 1. The van der Waals surface area contributed by atoms with Crippen molar-refractivity contribution < 1.29 is 9.32 Å². The van der Waals surface area contributed by atoms with E-state index in [9.17, 15) is 14.1 Å². The maximum Gasteiger partial charge on any atom is 0.261 e. The first-order chi connectivity index (χ1) is 14.4. The quantitative estimate of drug-likeness (QED) is 0.590. The number of nitrogens with zero attached hydrogens (tertiary/aromatic N) is 2. The van der Waals surface area contributed by atoms with Crippen LogP contribution in [0.25, 0.3) is 10.9 Å². The van der Waals surface area contributed by atoms with E-state index in [1.54, 1.807) is 26.1 Å². The summed E-state index contributed by atoms with van der Waals surface area (Å²) in [6, 6.07) is 7.63. The van der Waals surface area contributed by atoms with Gasteiger partial charge in [0, 0.05) is 22.3 Å². The fraction of sp³-hybridized carbons (Fsp3) is 0.455. The summed E-state index contributed by atoms with van der Waals surface area (Å²) in [5.74, 6) is 0.505. The lowest BCUT2D eigenvalue weighted by Gasteiger charge is -2.22. The number of benzene rings is 1. The van der Waals surface area contributed by atoms with E-state index >= 15 is 0 Å². The Morgan fingerprint density at radius 1 is 1.23 bits per heavy atom. The molecule has 0 bridgehead atoms. The number of rotatable bonds is 3. The second kappa shape index (κ2) is 7.06. The molecule has 1 aliphatic heterocycles. The van der Waals surface area contributed by atoms with Gasteiger partial charge < -0.3 is 15.4 Å². The smallest absolute Gasteiger partial charge is 0.261 e. The highest BCUT2D eigenvalue weighted by atomic mass is 32.2. The van der Waals surface area contributed by atoms with Gasteiger partial charge in [-0.3, -0.25) is 13.7 Å². The SMILES string of the molecule is CC1(C)C(O)c2cc(Nc3nn(C4CCCCC4)c4cc[nH]c(=O)c34)ccc2S1=O. The minimum atomic E-state index is -1.27. The lowest BCUT2D eigenvalue weighted by atomic mass is 9.95. The molecule has 3 N–H and O–H groups in total. The van der Waals surface area contributed by atoms with Crippen LogP contribution < -0.4 is 10.9 Å². The van der Waals surface area contributed by atoms with E-state index in [2.05, 4.69) is 10.3 Å². The summed E-state index contributed by atoms with van der Waals surface area (Å²) in [7, 11) is -1.27. The third-order valence-corrected chi connectivity index (χ3v) is 8.40. The number of aromatic amines is 1. The predicted octanol–water partition coefficient (Wildman–Crippen LogP) is 3.91. The van der Waals surface area contributed by atoms with Gasteiger partial charge in [-0.25, -0.2) is 0 Å². The Morgan fingerprint density at radius 2 is 2.00 bits per heavy atom. The second-order valence-electron chi connectivity index (χ2n) is 8.80. The predicted molar refractivity (Wildman–Crippen MR) is 118 cm³/mol. The number of nitrogens with one attached hydrogen (secondary N) is 2. The Hall–Kier alpha value is -2.45. The first-order valence-corrected chi connectivity index (χ1v) is 11.6. The van der Waals surface area contributed by atoms with Gasteiger partial charge in [0.2, 0.25) is 0 Å². The van der Waals surface area contributed by atoms with E-state index in [0.717, 1.165) is 18.4 Å². The molecule has 2 aliphatic rings. The van der Waals surface area contributed by atoms with Crippen LogP contribution in [0.15, 0.2) is 40.2 Å². The van der Waals surface area contributed by atoms with Gasteiger partial charge in [-0.2, -0.15) is 5.10 Å². The fourth-order valence-corrected chi connectivity index (χ4v) is 6.17. The molecule has 5 rings (SSSR count). The first kappa shape index (κ1) is 19.5. The Kier molecular flexibility index (Phi) is 4.59. The van der Waals surface area contributed by atoms with E-state index in [-0.39, 0.29) is 5.56 Å². The molecular weight excluding hydrogens is 400 g/mol. The van der Waals surface area contributed by atoms with Crippen molar-refractivity contribution in [2.45, 2.75) is 67.7 Å². The largest absolute Gasteiger partial charge is 0.387 e. The molecule has 0 spiro atoms. The molecule has 2 aromatic heterocycles. The number of aromatic nitrogens is 3. The average Bonchev–Trinajstić information content (AvgIpc) is 3.19. The van der Waals surface area contributed by atoms with Crippen molar-refractivity contribution >= 4 is 33.2 Å². The molecule has 0 amide bonds. The topological polar surface area (TPSA) is 100 Å². The van der Waals surface area contributed by atoms with Gasteiger partial charge >= 0.3 is 0 Å². The molecule has 30 heavy (non-hydrogen) atoms. The monoisotopic (exact) mass is 426 g/mol. The summed E-state index contributed by atoms with van der Waals surface area (Å²) < 4.78 is 13.9. The average molecular weight is 427 g/mol. The zero-order valence-electron chi connectivity index (χ0n) is 17.1. The van der Waals surface area contributed by atoms with Crippen LogP contribution in [0.1, 0.15) is 63.7 Å². The highest BCUT2D eigenvalue weighted by Crippen LogP contribution is 2.45. The fourth-order valence-electron chi connectivity index (χ4n) is 4.70. The molecule has 2 atom stereocenters. The maximum atomic E-state index is 12.7. The Morgan fingerprint density at radius 3 is 2.77 bits per heavy atom. The van der Waals surface area contributed by atoms with Crippen LogP contribution in [0.2, 0.25) is 0 Å². The highest BCUT2D eigenvalue weighted by molar-refractivity contribution is 7.86. The van der Waals surface area contributed by atoms with Crippen LogP contribution in [0.5, 0.6) is 0 Å². The van der Waals surface area contributed by atoms with E-state index in [0.29, 0.717) is 33.4 Å². The minimum Gasteiger partial charge on any atom is -0.387 e. The van der Waals surface area contributed by atoms with Crippen molar-refractivity contribution in [3.63, 3.8) is 0 Å². The summed E-state index contributed by atoms with van der Waals surface area (Å²) in [4.78, 5) is 16.0. The van der Waals surface area contributed by atoms with Gasteiger partial charge in [0.25, 0.3) is 5.56 Å². The number of hydrogen-bond acceptors (Lipinski definition) is 5. The molecule has 158 valence electrons. The number of aliphatic hydroxyl groups is 1. The standard InChI is InChI=1S/C22H26N4O3S/c1-22(2)19(27)15-12-13(8-9-17(15)30(22)29)24-20-18-16(10-11-23-21(18)28)26(25-20)14-6-4-3-5-7-14/h8-12,14,19,27H,3-7H2,1-2H3,(H,23,28)(H,24,25). The van der Waals surface area contributed by atoms with Gasteiger partial charge in [0.15, 0.2) is 5.82 Å². The molecule has 1 saturated carbocycles. The molecule has 1 fully saturated rings. The van der Waals surface area contributed by atoms with E-state index < -0.39 is 21.7 Å². The second-order valence-corrected chi connectivity index (χ2v) is 10.8. The molecule has 0 saturated heterocycles. The molecule has 2 unspecified atom stereocenters. The number of anilines is 2. The molecule has 7 nitrogen and oxygen atoms in total. The van der Waals surface area contributed by atoms with Crippen LogP contribution in [0.4, 0.5) is 11.5 Å². The van der Waals surface area contributed by atoms with Crippen molar-refractivity contribution in [2.75, 3.05) is 5.32 Å². The Balaban J connectivity index is 1.56. The number of aliphatic hydroxyl groups excluding tert-OH is 1. The highest BCUT2D eigenvalue weighted by Gasteiger charge is 2.44. The Bertz CT molecular complexity index is 1210. The molecule has 8 heteroatoms. The molecule has 3 aromatic rings. The minimum absolute atomic E-state index is 0.180. The van der Waals surface area contributed by atoms with E-state index in [1.807, 2.05) is 22.9 Å². The summed E-state index contributed by atoms with van der Waals surface area (Å²) in [6.45, 7) is 3.61. The van der Waals surface area contributed by atoms with Gasteiger partial charge in [-0.1, -0.05) is 19.3 Å². The molecule has 1 aliphatic carbocycles. The van der Waals surface area contributed by atoms with Crippen LogP contribution in [0.3, 0.4) is 0 Å². The number of pyridine rings is 1. The first-order valence-electron chi connectivity index (χ1n) is 10.5. The lowest BCUT2D eigenvalue weighted by Crippen LogP contribution is -2.27. The van der Waals surface area contributed by atoms with Gasteiger partial charge in [-0.05, 0) is 51.0 Å². The number of hydrogen-bond donors (Lipinski definition) is 3. The van der Waals surface area contributed by atoms with Crippen molar-refractivity contribution in [2.24, 2.45) is 0 Å². The maximum absolute atomic E-state index is 12.7. The van der Waals surface area contributed by atoms with Crippen molar-refractivity contribution in [3.8, 4) is 0 Å². The van der Waals surface area contributed by atoms with E-state index in [1.165, 1.54) is 19.3 Å². The molecule has 0 radical (unpaired) electrons. The third kappa shape index (κ3) is 2.93. The van der Waals surface area contributed by atoms with E-state index in [4.69, 9.17) is 5.10 Å². The summed E-state index contributed by atoms with van der Waals surface area (Å²) in [5.41, 5.74) is 2.02. The Labute approximate surface area is 177 Å². The van der Waals surface area contributed by atoms with Crippen molar-refractivity contribution in [1.82, 2.24) is 14.8 Å². The molecule has 1 aromatic carbocycles. The molecule has 3 heterocycles. The van der Waals surface area contributed by atoms with Crippen LogP contribution >= 0.6 is 0 Å². The zero-order valence-corrected chi connectivity index (χ0v) is 18.0. The summed E-state index contributed by atoms with van der Waals surface area (Å²) >= 11 is 0. The van der Waals surface area contributed by atoms with Gasteiger partial charge in [0.05, 0.1) is 33.2 Å². The third-order valence-electron chi connectivity index (χ3n) is 6.45. The van der Waals surface area contributed by atoms with Crippen LogP contribution in [0, 0.1) is 0 Å². The van der Waals surface area contributed by atoms with Crippen molar-refractivity contribution in [1.29, 1.82) is 0 Å². The van der Waals surface area contributed by atoms with Crippen LogP contribution in [-0.2, 0) is 10.8 Å². The van der Waals surface area contributed by atoms with Gasteiger partial charge in [-0.15, -0.1) is 0 Å².